The molecule has 1 aliphatic rings. The molecule has 9 nitrogen and oxygen atoms in total. The number of rotatable bonds is 5. The van der Waals surface area contributed by atoms with E-state index < -0.39 is 60.9 Å². The normalized spacial score (nSPS) is 38.1. The van der Waals surface area contributed by atoms with Gasteiger partial charge in [-0.2, -0.15) is 4.39 Å². The highest BCUT2D eigenvalue weighted by Gasteiger charge is 2.62. The molecule has 0 aliphatic carbocycles. The highest BCUT2D eigenvalue weighted by molar-refractivity contribution is 5.77. The van der Waals surface area contributed by atoms with Gasteiger partial charge in [0.1, 0.15) is 18.3 Å². The third-order valence-corrected chi connectivity index (χ3v) is 3.35. The molecule has 1 fully saturated rings. The molecule has 0 saturated carbocycles. The van der Waals surface area contributed by atoms with Crippen LogP contribution in [0.2, 0.25) is 0 Å². The molecule has 11 heteroatoms. The molecule has 2 unspecified atom stereocenters. The average molecular weight is 328 g/mol. The number of carboxylic acid groups (broad SMARTS) is 1. The van der Waals surface area contributed by atoms with Crippen molar-refractivity contribution >= 4 is 11.9 Å². The predicted molar refractivity (Wildman–Crippen MR) is 65.9 cm³/mol. The molecule has 7 atom stereocenters. The zero-order valence-electron chi connectivity index (χ0n) is 11.5. The molecular weight excluding hydrogens is 310 g/mol. The molecule has 0 aromatic heterocycles. The average Bonchev–Trinajstić information content (AvgIpc) is 2.45. The largest absolute Gasteiger partial charge is 0.477 e. The first kappa shape index (κ1) is 18.6. The van der Waals surface area contributed by atoms with Gasteiger partial charge in [-0.15, -0.1) is 0 Å². The van der Waals surface area contributed by atoms with Gasteiger partial charge in [0.25, 0.3) is 0 Å². The van der Waals surface area contributed by atoms with Gasteiger partial charge in [-0.05, 0) is 0 Å². The lowest BCUT2D eigenvalue weighted by atomic mass is 9.86. The number of nitrogens with one attached hydrogen (secondary N) is 1. The Kier molecular flexibility index (Phi) is 5.76. The number of aliphatic hydroxyl groups is 3. The SMILES string of the molecule is CC(=O)N[C@H]1C([C@H](O)[C@H](O)CO)O[C@@](F)(C(=O)O)[C@@H](F)C1N. The van der Waals surface area contributed by atoms with Gasteiger partial charge in [0.15, 0.2) is 6.17 Å². The van der Waals surface area contributed by atoms with Crippen molar-refractivity contribution in [1.29, 1.82) is 0 Å². The molecule has 22 heavy (non-hydrogen) atoms. The third kappa shape index (κ3) is 3.33. The molecule has 1 heterocycles. The van der Waals surface area contributed by atoms with Crippen LogP contribution in [-0.2, 0) is 14.3 Å². The zero-order valence-corrected chi connectivity index (χ0v) is 11.5. The number of carbonyl (C=O) groups excluding carboxylic acids is 1. The number of alkyl halides is 2. The van der Waals surface area contributed by atoms with Crippen molar-refractivity contribution in [3.8, 4) is 0 Å². The van der Waals surface area contributed by atoms with Crippen LogP contribution in [0.4, 0.5) is 8.78 Å². The fraction of sp³-hybridized carbons (Fsp3) is 0.818. The van der Waals surface area contributed by atoms with Crippen molar-refractivity contribution in [3.63, 3.8) is 0 Å². The number of aliphatic hydroxyl groups excluding tert-OH is 3. The number of nitrogens with two attached hydrogens (primary N) is 1. The van der Waals surface area contributed by atoms with Crippen LogP contribution in [0.5, 0.6) is 0 Å². The van der Waals surface area contributed by atoms with Gasteiger partial charge in [-0.25, -0.2) is 9.18 Å². The summed E-state index contributed by atoms with van der Waals surface area (Å²) in [7, 11) is 0. The maximum absolute atomic E-state index is 14.2. The van der Waals surface area contributed by atoms with E-state index in [1.807, 2.05) is 0 Å². The van der Waals surface area contributed by atoms with Gasteiger partial charge in [-0.3, -0.25) is 4.79 Å². The molecule has 0 bridgehead atoms. The zero-order chi connectivity index (χ0) is 17.2. The fourth-order valence-electron chi connectivity index (χ4n) is 2.18. The Morgan fingerprint density at radius 2 is 2.00 bits per heavy atom. The molecule has 1 aliphatic heterocycles. The summed E-state index contributed by atoms with van der Waals surface area (Å²) in [5.74, 6) is -6.91. The van der Waals surface area contributed by atoms with Gasteiger partial charge in [0.05, 0.1) is 18.7 Å². The van der Waals surface area contributed by atoms with Crippen molar-refractivity contribution in [2.75, 3.05) is 6.61 Å². The monoisotopic (exact) mass is 328 g/mol. The summed E-state index contributed by atoms with van der Waals surface area (Å²) in [6.07, 6.45) is -8.59. The fourth-order valence-corrected chi connectivity index (χ4v) is 2.18. The van der Waals surface area contributed by atoms with Crippen LogP contribution in [0.25, 0.3) is 0 Å². The smallest absolute Gasteiger partial charge is 0.372 e. The van der Waals surface area contributed by atoms with E-state index in [1.165, 1.54) is 0 Å². The van der Waals surface area contributed by atoms with Gasteiger partial charge in [-0.1, -0.05) is 0 Å². The standard InChI is InChI=1S/C11H18F2N2O7/c1-3(17)15-6-5(14)9(12)11(13,10(20)21)22-8(6)7(19)4(18)2-16/h4-9,16,18-19H,2,14H2,1H3,(H,15,17)(H,20,21)/t4-,5?,6-,7-,8?,9+,11-/m1/s1. The van der Waals surface area contributed by atoms with E-state index in [0.29, 0.717) is 0 Å². The van der Waals surface area contributed by atoms with Crippen LogP contribution in [0.3, 0.4) is 0 Å². The maximum atomic E-state index is 14.2. The van der Waals surface area contributed by atoms with E-state index in [9.17, 15) is 28.6 Å². The molecular formula is C11H18F2N2O7. The van der Waals surface area contributed by atoms with Crippen molar-refractivity contribution in [1.82, 2.24) is 5.32 Å². The summed E-state index contributed by atoms with van der Waals surface area (Å²) in [5, 5.41) is 38.9. The first-order valence-electron chi connectivity index (χ1n) is 6.30. The summed E-state index contributed by atoms with van der Waals surface area (Å²) >= 11 is 0. The van der Waals surface area contributed by atoms with Crippen molar-refractivity contribution < 1.29 is 43.5 Å². The first-order chi connectivity index (χ1) is 10.1. The minimum absolute atomic E-state index is 0.728. The summed E-state index contributed by atoms with van der Waals surface area (Å²) < 4.78 is 32.6. The Labute approximate surface area is 123 Å². The molecule has 1 amide bonds. The van der Waals surface area contributed by atoms with Crippen LogP contribution < -0.4 is 11.1 Å². The van der Waals surface area contributed by atoms with Crippen molar-refractivity contribution in [3.05, 3.63) is 0 Å². The molecule has 1 saturated heterocycles. The molecule has 0 aromatic carbocycles. The molecule has 128 valence electrons. The number of carboxylic acids is 1. The summed E-state index contributed by atoms with van der Waals surface area (Å²) in [6, 6.07) is -3.39. The van der Waals surface area contributed by atoms with Crippen LogP contribution in [0.1, 0.15) is 6.92 Å². The number of amides is 1. The minimum atomic E-state index is -3.87. The van der Waals surface area contributed by atoms with Gasteiger partial charge >= 0.3 is 11.8 Å². The molecule has 0 aromatic rings. The van der Waals surface area contributed by atoms with Crippen LogP contribution >= 0.6 is 0 Å². The Morgan fingerprint density at radius 3 is 2.41 bits per heavy atom. The second-order valence-electron chi connectivity index (χ2n) is 4.98. The Bertz CT molecular complexity index is 441. The van der Waals surface area contributed by atoms with E-state index in [4.69, 9.17) is 15.9 Å². The number of hydrogen-bond donors (Lipinski definition) is 6. The van der Waals surface area contributed by atoms with Crippen LogP contribution in [0.15, 0.2) is 0 Å². The van der Waals surface area contributed by atoms with Crippen LogP contribution in [0, 0.1) is 0 Å². The van der Waals surface area contributed by atoms with E-state index in [0.717, 1.165) is 6.92 Å². The van der Waals surface area contributed by atoms with E-state index in [1.54, 1.807) is 0 Å². The highest BCUT2D eigenvalue weighted by atomic mass is 19.2. The van der Waals surface area contributed by atoms with E-state index in [-0.39, 0.29) is 0 Å². The van der Waals surface area contributed by atoms with Crippen molar-refractivity contribution in [2.24, 2.45) is 5.73 Å². The van der Waals surface area contributed by atoms with Gasteiger partial charge in [0.2, 0.25) is 5.91 Å². The van der Waals surface area contributed by atoms with Crippen molar-refractivity contribution in [2.45, 2.75) is 49.3 Å². The number of carbonyl (C=O) groups is 2. The number of ether oxygens (including phenoxy) is 1. The van der Waals surface area contributed by atoms with Gasteiger partial charge < -0.3 is 36.2 Å². The lowest BCUT2D eigenvalue weighted by Crippen LogP contribution is -2.73. The quantitative estimate of drug-likeness (QED) is 0.311. The van der Waals surface area contributed by atoms with Crippen LogP contribution in [-0.4, -0.2) is 81.3 Å². The number of hydrogen-bond acceptors (Lipinski definition) is 7. The Hall–Kier alpha value is -1.40. The minimum Gasteiger partial charge on any atom is -0.477 e. The molecule has 0 spiro atoms. The number of aliphatic carboxylic acids is 1. The summed E-state index contributed by atoms with van der Waals surface area (Å²) in [4.78, 5) is 22.0. The molecule has 1 rings (SSSR count). The Morgan fingerprint density at radius 1 is 1.45 bits per heavy atom. The lowest BCUT2D eigenvalue weighted by molar-refractivity contribution is -0.276. The highest BCUT2D eigenvalue weighted by Crippen LogP contribution is 2.34. The number of halogens is 2. The topological polar surface area (TPSA) is 162 Å². The molecule has 0 radical (unpaired) electrons. The van der Waals surface area contributed by atoms with E-state index in [2.05, 4.69) is 10.1 Å². The lowest BCUT2D eigenvalue weighted by Gasteiger charge is -2.45. The second-order valence-corrected chi connectivity index (χ2v) is 4.98. The first-order valence-corrected chi connectivity index (χ1v) is 6.30. The predicted octanol–water partition coefficient (Wildman–Crippen LogP) is -2.98. The maximum Gasteiger partial charge on any atom is 0.372 e. The summed E-state index contributed by atoms with van der Waals surface area (Å²) in [6.45, 7) is 0.0643. The summed E-state index contributed by atoms with van der Waals surface area (Å²) in [5.41, 5.74) is 5.43. The molecule has 7 N–H and O–H groups in total. The third-order valence-electron chi connectivity index (χ3n) is 3.35. The Balaban J connectivity index is 3.19. The van der Waals surface area contributed by atoms with E-state index >= 15 is 0 Å². The second kappa shape index (κ2) is 6.79. The van der Waals surface area contributed by atoms with Gasteiger partial charge in [0, 0.05) is 6.92 Å².